The Labute approximate surface area is 136 Å². The highest BCUT2D eigenvalue weighted by atomic mass is 16.6. The summed E-state index contributed by atoms with van der Waals surface area (Å²) in [7, 11) is 0. The van der Waals surface area contributed by atoms with Crippen molar-refractivity contribution in [2.24, 2.45) is 0 Å². The zero-order valence-electron chi connectivity index (χ0n) is 13.6. The van der Waals surface area contributed by atoms with Crippen LogP contribution in [0, 0.1) is 11.3 Å². The Kier molecular flexibility index (Phi) is 4.89. The van der Waals surface area contributed by atoms with E-state index in [1.165, 1.54) is 0 Å². The van der Waals surface area contributed by atoms with Gasteiger partial charge in [-0.2, -0.15) is 5.26 Å². The number of hydrogen-bond donors (Lipinski definition) is 1. The second kappa shape index (κ2) is 6.69. The zero-order chi connectivity index (χ0) is 17.0. The van der Waals surface area contributed by atoms with Gasteiger partial charge in [-0.05, 0) is 38.5 Å². The summed E-state index contributed by atoms with van der Waals surface area (Å²) >= 11 is 0. The molecule has 6 heteroatoms. The van der Waals surface area contributed by atoms with E-state index < -0.39 is 11.7 Å². The molecule has 1 aliphatic heterocycles. The lowest BCUT2D eigenvalue weighted by molar-refractivity contribution is -0.128. The average Bonchev–Trinajstić information content (AvgIpc) is 2.76. The molecule has 122 valence electrons. The van der Waals surface area contributed by atoms with Crippen molar-refractivity contribution < 1.29 is 14.3 Å². The van der Waals surface area contributed by atoms with Gasteiger partial charge in [-0.25, -0.2) is 4.79 Å². The minimum absolute atomic E-state index is 0.0200. The minimum Gasteiger partial charge on any atom is -0.444 e. The van der Waals surface area contributed by atoms with Gasteiger partial charge in [0, 0.05) is 19.5 Å². The zero-order valence-corrected chi connectivity index (χ0v) is 13.6. The molecule has 23 heavy (non-hydrogen) atoms. The van der Waals surface area contributed by atoms with Crippen molar-refractivity contribution in [2.45, 2.75) is 45.4 Å². The first-order chi connectivity index (χ1) is 10.8. The van der Waals surface area contributed by atoms with E-state index in [0.717, 1.165) is 5.56 Å². The number of carbonyl (C=O) groups excluding carboxylic acids is 2. The topological polar surface area (TPSA) is 82.4 Å². The van der Waals surface area contributed by atoms with Crippen LogP contribution in [-0.2, 0) is 16.1 Å². The lowest BCUT2D eigenvalue weighted by Crippen LogP contribution is -2.40. The molecule has 2 amide bonds. The van der Waals surface area contributed by atoms with Gasteiger partial charge >= 0.3 is 6.09 Å². The number of rotatable bonds is 3. The fourth-order valence-corrected chi connectivity index (χ4v) is 2.46. The van der Waals surface area contributed by atoms with E-state index in [1.807, 2.05) is 6.07 Å². The molecule has 0 spiro atoms. The maximum Gasteiger partial charge on any atom is 0.407 e. The average molecular weight is 315 g/mol. The molecule has 1 atom stereocenters. The van der Waals surface area contributed by atoms with E-state index >= 15 is 0 Å². The maximum atomic E-state index is 12.1. The fraction of sp³-hybridized carbons (Fsp3) is 0.471. The molecule has 2 rings (SSSR count). The second-order valence-corrected chi connectivity index (χ2v) is 6.63. The molecule has 0 bridgehead atoms. The van der Waals surface area contributed by atoms with Gasteiger partial charge < -0.3 is 15.0 Å². The van der Waals surface area contributed by atoms with Crippen LogP contribution in [0.25, 0.3) is 0 Å². The first-order valence-corrected chi connectivity index (χ1v) is 7.53. The molecule has 1 saturated heterocycles. The van der Waals surface area contributed by atoms with Gasteiger partial charge in [0.1, 0.15) is 5.60 Å². The van der Waals surface area contributed by atoms with E-state index in [2.05, 4.69) is 11.4 Å². The molecule has 6 nitrogen and oxygen atoms in total. The number of amides is 2. The predicted octanol–water partition coefficient (Wildman–Crippen LogP) is 2.18. The Morgan fingerprint density at radius 1 is 1.48 bits per heavy atom. The Balaban J connectivity index is 1.92. The van der Waals surface area contributed by atoms with Crippen LogP contribution in [0.3, 0.4) is 0 Å². The predicted molar refractivity (Wildman–Crippen MR) is 84.3 cm³/mol. The SMILES string of the molecule is CC(C)(C)OC(=O)NC1CC(=O)N(Cc2cccc(C#N)c2)C1. The molecule has 0 saturated carbocycles. The number of alkyl carbamates (subject to hydrolysis) is 1. The van der Waals surface area contributed by atoms with Crippen molar-refractivity contribution in [3.8, 4) is 6.07 Å². The second-order valence-electron chi connectivity index (χ2n) is 6.63. The van der Waals surface area contributed by atoms with Crippen molar-refractivity contribution in [2.75, 3.05) is 6.54 Å². The Bertz CT molecular complexity index is 643. The van der Waals surface area contributed by atoms with Gasteiger partial charge in [-0.3, -0.25) is 4.79 Å². The van der Waals surface area contributed by atoms with Gasteiger partial charge in [0.15, 0.2) is 0 Å². The lowest BCUT2D eigenvalue weighted by Gasteiger charge is -2.22. The van der Waals surface area contributed by atoms with E-state index in [0.29, 0.717) is 18.7 Å². The van der Waals surface area contributed by atoms with Crippen LogP contribution >= 0.6 is 0 Å². The Morgan fingerprint density at radius 3 is 2.87 bits per heavy atom. The Hall–Kier alpha value is -2.55. The van der Waals surface area contributed by atoms with E-state index in [-0.39, 0.29) is 18.4 Å². The number of nitrogens with zero attached hydrogens (tertiary/aromatic N) is 2. The van der Waals surface area contributed by atoms with Gasteiger partial charge in [0.25, 0.3) is 0 Å². The summed E-state index contributed by atoms with van der Waals surface area (Å²) in [6.07, 6.45) is -0.249. The lowest BCUT2D eigenvalue weighted by atomic mass is 10.1. The highest BCUT2D eigenvalue weighted by Gasteiger charge is 2.31. The molecule has 1 fully saturated rings. The van der Waals surface area contributed by atoms with Crippen molar-refractivity contribution >= 4 is 12.0 Å². The molecule has 0 aliphatic carbocycles. The number of benzene rings is 1. The number of nitriles is 1. The van der Waals surface area contributed by atoms with Crippen LogP contribution in [-0.4, -0.2) is 35.1 Å². The number of nitrogens with one attached hydrogen (secondary N) is 1. The van der Waals surface area contributed by atoms with Gasteiger partial charge in [-0.1, -0.05) is 12.1 Å². The number of hydrogen-bond acceptors (Lipinski definition) is 4. The summed E-state index contributed by atoms with van der Waals surface area (Å²) in [6.45, 7) is 6.25. The first kappa shape index (κ1) is 16.8. The van der Waals surface area contributed by atoms with Crippen LogP contribution in [0.4, 0.5) is 4.79 Å². The van der Waals surface area contributed by atoms with Crippen LogP contribution in [0.2, 0.25) is 0 Å². The van der Waals surface area contributed by atoms with Crippen molar-refractivity contribution in [1.82, 2.24) is 10.2 Å². The molecule has 1 N–H and O–H groups in total. The van der Waals surface area contributed by atoms with Crippen LogP contribution in [0.1, 0.15) is 38.3 Å². The monoisotopic (exact) mass is 315 g/mol. The van der Waals surface area contributed by atoms with Gasteiger partial charge in [0.2, 0.25) is 5.91 Å². The first-order valence-electron chi connectivity index (χ1n) is 7.53. The van der Waals surface area contributed by atoms with Gasteiger partial charge in [0.05, 0.1) is 17.7 Å². The van der Waals surface area contributed by atoms with E-state index in [9.17, 15) is 9.59 Å². The molecule has 1 unspecified atom stereocenters. The molecular formula is C17H21N3O3. The summed E-state index contributed by atoms with van der Waals surface area (Å²) in [6, 6.07) is 8.99. The molecule has 0 aromatic heterocycles. The standard InChI is InChI=1S/C17H21N3O3/c1-17(2,3)23-16(22)19-14-8-15(21)20(11-14)10-13-6-4-5-12(7-13)9-18/h4-7,14H,8,10-11H2,1-3H3,(H,19,22). The highest BCUT2D eigenvalue weighted by Crippen LogP contribution is 2.16. The summed E-state index contributed by atoms with van der Waals surface area (Å²) in [5.41, 5.74) is 0.900. The normalized spacial score (nSPS) is 17.7. The highest BCUT2D eigenvalue weighted by molar-refractivity contribution is 5.80. The van der Waals surface area contributed by atoms with Crippen molar-refractivity contribution in [3.63, 3.8) is 0 Å². The molecule has 1 aromatic carbocycles. The maximum absolute atomic E-state index is 12.1. The molecule has 1 aromatic rings. The third kappa shape index (κ3) is 4.99. The quantitative estimate of drug-likeness (QED) is 0.927. The minimum atomic E-state index is -0.565. The van der Waals surface area contributed by atoms with E-state index in [4.69, 9.17) is 10.00 Å². The third-order valence-corrected chi connectivity index (χ3v) is 3.36. The fourth-order valence-electron chi connectivity index (χ4n) is 2.46. The third-order valence-electron chi connectivity index (χ3n) is 3.36. The van der Waals surface area contributed by atoms with Crippen LogP contribution < -0.4 is 5.32 Å². The molecule has 1 aliphatic rings. The summed E-state index contributed by atoms with van der Waals surface area (Å²) in [5.74, 6) is -0.0200. The van der Waals surface area contributed by atoms with Crippen LogP contribution in [0.15, 0.2) is 24.3 Å². The summed E-state index contributed by atoms with van der Waals surface area (Å²) in [4.78, 5) is 25.5. The Morgan fingerprint density at radius 2 is 2.22 bits per heavy atom. The van der Waals surface area contributed by atoms with E-state index in [1.54, 1.807) is 43.9 Å². The summed E-state index contributed by atoms with van der Waals surface area (Å²) in [5, 5.41) is 11.6. The number of carbonyl (C=O) groups is 2. The molecule has 1 heterocycles. The summed E-state index contributed by atoms with van der Waals surface area (Å²) < 4.78 is 5.20. The van der Waals surface area contributed by atoms with Crippen LogP contribution in [0.5, 0.6) is 0 Å². The molecule has 0 radical (unpaired) electrons. The number of ether oxygens (including phenoxy) is 1. The number of likely N-dealkylation sites (tertiary alicyclic amines) is 1. The van der Waals surface area contributed by atoms with Gasteiger partial charge in [-0.15, -0.1) is 0 Å². The molecular weight excluding hydrogens is 294 g/mol. The van der Waals surface area contributed by atoms with Crippen molar-refractivity contribution in [1.29, 1.82) is 5.26 Å². The van der Waals surface area contributed by atoms with Crippen molar-refractivity contribution in [3.05, 3.63) is 35.4 Å². The smallest absolute Gasteiger partial charge is 0.407 e. The largest absolute Gasteiger partial charge is 0.444 e.